The van der Waals surface area contributed by atoms with E-state index in [1.54, 1.807) is 12.1 Å². The van der Waals surface area contributed by atoms with E-state index in [0.717, 1.165) is 5.56 Å². The molecule has 0 saturated carbocycles. The van der Waals surface area contributed by atoms with Crippen LogP contribution >= 0.6 is 11.6 Å². The van der Waals surface area contributed by atoms with Crippen molar-refractivity contribution in [2.24, 2.45) is 0 Å². The monoisotopic (exact) mass is 462 g/mol. The third-order valence-corrected chi connectivity index (χ3v) is 6.39. The minimum Gasteiger partial charge on any atom is -0.408 e. The lowest BCUT2D eigenvalue weighted by atomic mass is 10.2. The molecule has 9 nitrogen and oxygen atoms in total. The fraction of sp³-hybridized carbons (Fsp3) is 0.250. The maximum Gasteiger partial charge on any atom is 0.420 e. The lowest BCUT2D eigenvalue weighted by Gasteiger charge is -2.07. The summed E-state index contributed by atoms with van der Waals surface area (Å²) in [6, 6.07) is 11.5. The molecular weight excluding hydrogens is 444 g/mol. The quantitative estimate of drug-likeness (QED) is 0.427. The van der Waals surface area contributed by atoms with Crippen LogP contribution in [-0.2, 0) is 29.4 Å². The molecule has 1 N–H and O–H groups in total. The summed E-state index contributed by atoms with van der Waals surface area (Å²) < 4.78 is 39.5. The van der Waals surface area contributed by atoms with Crippen molar-refractivity contribution in [2.45, 2.75) is 31.2 Å². The van der Waals surface area contributed by atoms with E-state index in [4.69, 9.17) is 20.5 Å². The highest BCUT2D eigenvalue weighted by Crippen LogP contribution is 2.19. The van der Waals surface area contributed by atoms with Crippen molar-refractivity contribution in [3.63, 3.8) is 0 Å². The van der Waals surface area contributed by atoms with Crippen molar-refractivity contribution in [2.75, 3.05) is 6.54 Å². The van der Waals surface area contributed by atoms with Gasteiger partial charge in [-0.25, -0.2) is 17.9 Å². The Labute approximate surface area is 182 Å². The molecule has 0 spiro atoms. The van der Waals surface area contributed by atoms with Gasteiger partial charge in [0.1, 0.15) is 0 Å². The summed E-state index contributed by atoms with van der Waals surface area (Å²) in [4.78, 5) is 16.5. The third kappa shape index (κ3) is 4.71. The van der Waals surface area contributed by atoms with Crippen LogP contribution in [-0.4, -0.2) is 29.7 Å². The zero-order chi connectivity index (χ0) is 22.0. The Morgan fingerprint density at radius 1 is 1.16 bits per heavy atom. The van der Waals surface area contributed by atoms with Gasteiger partial charge >= 0.3 is 5.76 Å². The predicted molar refractivity (Wildman–Crippen MR) is 114 cm³/mol. The lowest BCUT2D eigenvalue weighted by molar-refractivity contribution is 0.375. The van der Waals surface area contributed by atoms with Gasteiger partial charge in [-0.15, -0.1) is 0 Å². The van der Waals surface area contributed by atoms with Crippen molar-refractivity contribution in [3.05, 3.63) is 75.3 Å². The summed E-state index contributed by atoms with van der Waals surface area (Å²) in [7, 11) is -3.78. The number of benzene rings is 2. The average Bonchev–Trinajstić information content (AvgIpc) is 3.33. The molecule has 0 saturated heterocycles. The molecule has 2 heterocycles. The van der Waals surface area contributed by atoms with Crippen LogP contribution in [0.25, 0.3) is 11.1 Å². The first-order valence-electron chi connectivity index (χ1n) is 9.54. The molecule has 0 aliphatic rings. The molecule has 162 valence electrons. The fourth-order valence-electron chi connectivity index (χ4n) is 3.07. The summed E-state index contributed by atoms with van der Waals surface area (Å²) in [5, 5.41) is 4.45. The van der Waals surface area contributed by atoms with Gasteiger partial charge in [0.05, 0.1) is 17.0 Å². The predicted octanol–water partition coefficient (Wildman–Crippen LogP) is 2.76. The SMILES string of the molecule is CCc1nc(Cn2c(=O)oc3cc(S(=O)(=O)NCCc4ccc(Cl)cc4)ccc32)no1. The van der Waals surface area contributed by atoms with Crippen LogP contribution in [0.4, 0.5) is 0 Å². The third-order valence-electron chi connectivity index (χ3n) is 4.68. The molecule has 11 heteroatoms. The minimum atomic E-state index is -3.78. The van der Waals surface area contributed by atoms with Crippen LogP contribution in [0.15, 0.2) is 61.1 Å². The van der Waals surface area contributed by atoms with Gasteiger partial charge in [-0.1, -0.05) is 35.8 Å². The molecule has 2 aromatic carbocycles. The number of nitrogens with one attached hydrogen (secondary N) is 1. The van der Waals surface area contributed by atoms with Gasteiger partial charge in [0.15, 0.2) is 11.4 Å². The van der Waals surface area contributed by atoms with Crippen LogP contribution in [0.5, 0.6) is 0 Å². The molecule has 2 aromatic heterocycles. The number of aryl methyl sites for hydroxylation is 1. The number of fused-ring (bicyclic) bond motifs is 1. The molecule has 31 heavy (non-hydrogen) atoms. The van der Waals surface area contributed by atoms with Gasteiger partial charge in [-0.05, 0) is 36.2 Å². The molecule has 0 radical (unpaired) electrons. The highest BCUT2D eigenvalue weighted by molar-refractivity contribution is 7.89. The molecule has 0 atom stereocenters. The lowest BCUT2D eigenvalue weighted by Crippen LogP contribution is -2.26. The van der Waals surface area contributed by atoms with Crippen molar-refractivity contribution in [1.29, 1.82) is 0 Å². The zero-order valence-electron chi connectivity index (χ0n) is 16.5. The largest absolute Gasteiger partial charge is 0.420 e. The first kappa shape index (κ1) is 21.3. The van der Waals surface area contributed by atoms with Crippen LogP contribution < -0.4 is 10.5 Å². The summed E-state index contributed by atoms with van der Waals surface area (Å²) in [5.74, 6) is 0.166. The van der Waals surface area contributed by atoms with E-state index in [1.165, 1.54) is 22.8 Å². The van der Waals surface area contributed by atoms with E-state index in [2.05, 4.69) is 14.9 Å². The Bertz CT molecular complexity index is 1370. The second-order valence-electron chi connectivity index (χ2n) is 6.82. The van der Waals surface area contributed by atoms with E-state index < -0.39 is 15.8 Å². The van der Waals surface area contributed by atoms with Crippen molar-refractivity contribution in [1.82, 2.24) is 19.4 Å². The van der Waals surface area contributed by atoms with Crippen molar-refractivity contribution < 1.29 is 17.4 Å². The van der Waals surface area contributed by atoms with Gasteiger partial charge in [0.2, 0.25) is 15.9 Å². The first-order valence-corrected chi connectivity index (χ1v) is 11.4. The summed E-state index contributed by atoms with van der Waals surface area (Å²) in [6.45, 7) is 2.15. The molecule has 4 rings (SSSR count). The fourth-order valence-corrected chi connectivity index (χ4v) is 4.24. The van der Waals surface area contributed by atoms with Gasteiger partial charge in [0.25, 0.3) is 0 Å². The van der Waals surface area contributed by atoms with Gasteiger partial charge < -0.3 is 8.94 Å². The summed E-state index contributed by atoms with van der Waals surface area (Å²) >= 11 is 5.86. The van der Waals surface area contributed by atoms with Crippen molar-refractivity contribution >= 4 is 32.7 Å². The van der Waals surface area contributed by atoms with E-state index >= 15 is 0 Å². The zero-order valence-corrected chi connectivity index (χ0v) is 18.1. The van der Waals surface area contributed by atoms with Gasteiger partial charge in [-0.3, -0.25) is 4.57 Å². The Morgan fingerprint density at radius 2 is 1.94 bits per heavy atom. The number of sulfonamides is 1. The second kappa shape index (κ2) is 8.66. The molecule has 0 amide bonds. The first-order chi connectivity index (χ1) is 14.9. The Hall–Kier alpha value is -2.95. The highest BCUT2D eigenvalue weighted by Gasteiger charge is 2.18. The average molecular weight is 463 g/mol. The summed E-state index contributed by atoms with van der Waals surface area (Å²) in [5.41, 5.74) is 1.55. The van der Waals surface area contributed by atoms with Crippen LogP contribution in [0, 0.1) is 0 Å². The maximum absolute atomic E-state index is 12.6. The van der Waals surface area contributed by atoms with Gasteiger partial charge in [-0.2, -0.15) is 4.98 Å². The standard InChI is InChI=1S/C20H19ClN4O5S/c1-2-19-23-18(24-30-19)12-25-16-8-7-15(11-17(16)29-20(25)26)31(27,28)22-10-9-13-3-5-14(21)6-4-13/h3-8,11,22H,2,9-10,12H2,1H3. The number of aromatic nitrogens is 3. The Kier molecular flexibility index (Phi) is 5.94. The second-order valence-corrected chi connectivity index (χ2v) is 9.02. The smallest absolute Gasteiger partial charge is 0.408 e. The molecule has 0 unspecified atom stereocenters. The molecule has 0 bridgehead atoms. The molecule has 4 aromatic rings. The number of halogens is 1. The number of hydrogen-bond donors (Lipinski definition) is 1. The van der Waals surface area contributed by atoms with Crippen LogP contribution in [0.3, 0.4) is 0 Å². The van der Waals surface area contributed by atoms with Crippen LogP contribution in [0.2, 0.25) is 5.02 Å². The number of oxazole rings is 1. The van der Waals surface area contributed by atoms with E-state index in [9.17, 15) is 13.2 Å². The Balaban J connectivity index is 1.51. The molecule has 0 fully saturated rings. The maximum atomic E-state index is 12.6. The molecular formula is C20H19ClN4O5S. The number of hydrogen-bond acceptors (Lipinski definition) is 7. The Morgan fingerprint density at radius 3 is 2.65 bits per heavy atom. The highest BCUT2D eigenvalue weighted by atomic mass is 35.5. The van der Waals surface area contributed by atoms with E-state index in [-0.39, 0.29) is 23.6 Å². The molecule has 0 aliphatic heterocycles. The van der Waals surface area contributed by atoms with Gasteiger partial charge in [0, 0.05) is 24.1 Å². The normalized spacial score (nSPS) is 11.9. The minimum absolute atomic E-state index is 0.00448. The van der Waals surface area contributed by atoms with E-state index in [1.807, 2.05) is 19.1 Å². The topological polar surface area (TPSA) is 120 Å². The molecule has 0 aliphatic carbocycles. The summed E-state index contributed by atoms with van der Waals surface area (Å²) in [6.07, 6.45) is 1.09. The van der Waals surface area contributed by atoms with Crippen molar-refractivity contribution in [3.8, 4) is 0 Å². The van der Waals surface area contributed by atoms with Crippen LogP contribution in [0.1, 0.15) is 24.2 Å². The number of rotatable bonds is 8. The number of nitrogens with zero attached hydrogens (tertiary/aromatic N) is 3. The van der Waals surface area contributed by atoms with E-state index in [0.29, 0.717) is 35.1 Å².